The smallest absolute Gasteiger partial charge is 0.258 e. The molecule has 6 heteroatoms. The van der Waals surface area contributed by atoms with E-state index in [1.807, 2.05) is 18.2 Å². The molecular weight excluding hydrogens is 276 g/mol. The summed E-state index contributed by atoms with van der Waals surface area (Å²) in [6.45, 7) is 0.367. The molecule has 0 aliphatic heterocycles. The molecule has 0 atom stereocenters. The topological polar surface area (TPSA) is 77.8 Å². The van der Waals surface area contributed by atoms with Crippen LogP contribution in [0.15, 0.2) is 47.1 Å². The lowest BCUT2D eigenvalue weighted by Crippen LogP contribution is -1.98. The summed E-state index contributed by atoms with van der Waals surface area (Å²) in [6.07, 6.45) is 1.67. The maximum Gasteiger partial charge on any atom is 0.258 e. The summed E-state index contributed by atoms with van der Waals surface area (Å²) in [6, 6.07) is 10.9. The number of pyridine rings is 1. The third kappa shape index (κ3) is 2.54. The minimum absolute atomic E-state index is 0.367. The summed E-state index contributed by atoms with van der Waals surface area (Å²) < 4.78 is 5.27. The van der Waals surface area contributed by atoms with Crippen molar-refractivity contribution in [2.45, 2.75) is 6.54 Å². The fraction of sp³-hybridized carbons (Fsp3) is 0.0714. The molecule has 0 bridgehead atoms. The van der Waals surface area contributed by atoms with Crippen LogP contribution in [-0.2, 0) is 6.54 Å². The summed E-state index contributed by atoms with van der Waals surface area (Å²) >= 11 is 5.85. The van der Waals surface area contributed by atoms with Gasteiger partial charge in [0.2, 0.25) is 5.82 Å². The number of nitrogens with zero attached hydrogens (tertiary/aromatic N) is 3. The quantitative estimate of drug-likeness (QED) is 0.801. The number of nitrogens with two attached hydrogens (primary N) is 1. The second-order valence-corrected chi connectivity index (χ2v) is 4.61. The summed E-state index contributed by atoms with van der Waals surface area (Å²) in [5.41, 5.74) is 7.98. The Labute approximate surface area is 120 Å². The number of rotatable bonds is 3. The molecule has 2 aromatic heterocycles. The van der Waals surface area contributed by atoms with E-state index in [9.17, 15) is 0 Å². The molecule has 100 valence electrons. The van der Waals surface area contributed by atoms with Crippen molar-refractivity contribution in [2.75, 3.05) is 0 Å². The van der Waals surface area contributed by atoms with Gasteiger partial charge in [0, 0.05) is 28.9 Å². The second kappa shape index (κ2) is 5.40. The molecule has 2 heterocycles. The van der Waals surface area contributed by atoms with Crippen LogP contribution in [-0.4, -0.2) is 15.1 Å². The van der Waals surface area contributed by atoms with Crippen molar-refractivity contribution >= 4 is 11.6 Å². The van der Waals surface area contributed by atoms with E-state index in [1.54, 1.807) is 24.4 Å². The Kier molecular flexibility index (Phi) is 3.45. The Morgan fingerprint density at radius 3 is 2.65 bits per heavy atom. The molecule has 0 unspecified atom stereocenters. The Morgan fingerprint density at radius 2 is 1.90 bits per heavy atom. The predicted octanol–water partition coefficient (Wildman–Crippen LogP) is 2.91. The molecule has 0 radical (unpaired) electrons. The van der Waals surface area contributed by atoms with Gasteiger partial charge in [-0.05, 0) is 36.4 Å². The molecule has 0 aliphatic carbocycles. The van der Waals surface area contributed by atoms with Crippen molar-refractivity contribution in [3.05, 3.63) is 53.3 Å². The standard InChI is InChI=1S/C14H11ClN4O/c15-11-3-1-9(2-4-11)13-18-14(20-19-13)10-5-6-17-12(7-10)8-16/h1-7H,8,16H2. The third-order valence-electron chi connectivity index (χ3n) is 2.80. The average molecular weight is 287 g/mol. The molecule has 0 fully saturated rings. The van der Waals surface area contributed by atoms with Gasteiger partial charge in [-0.3, -0.25) is 4.98 Å². The molecule has 2 N–H and O–H groups in total. The highest BCUT2D eigenvalue weighted by molar-refractivity contribution is 6.30. The SMILES string of the molecule is NCc1cc(-c2nc(-c3ccc(Cl)cc3)no2)ccn1. The molecule has 3 aromatic rings. The number of aromatic nitrogens is 3. The Hall–Kier alpha value is -2.24. The minimum atomic E-state index is 0.367. The zero-order chi connectivity index (χ0) is 13.9. The summed E-state index contributed by atoms with van der Waals surface area (Å²) in [5.74, 6) is 0.954. The van der Waals surface area contributed by atoms with Gasteiger partial charge in [0.15, 0.2) is 0 Å². The van der Waals surface area contributed by atoms with E-state index >= 15 is 0 Å². The van der Waals surface area contributed by atoms with Crippen molar-refractivity contribution < 1.29 is 4.52 Å². The van der Waals surface area contributed by atoms with E-state index < -0.39 is 0 Å². The van der Waals surface area contributed by atoms with Crippen molar-refractivity contribution in [1.82, 2.24) is 15.1 Å². The van der Waals surface area contributed by atoms with Gasteiger partial charge in [-0.2, -0.15) is 4.98 Å². The van der Waals surface area contributed by atoms with Gasteiger partial charge in [0.05, 0.1) is 5.69 Å². The van der Waals surface area contributed by atoms with Crippen molar-refractivity contribution in [3.63, 3.8) is 0 Å². The van der Waals surface area contributed by atoms with Gasteiger partial charge >= 0.3 is 0 Å². The van der Waals surface area contributed by atoms with E-state index in [-0.39, 0.29) is 0 Å². The van der Waals surface area contributed by atoms with Crippen LogP contribution in [0.4, 0.5) is 0 Å². The first kappa shape index (κ1) is 12.8. The van der Waals surface area contributed by atoms with Crippen molar-refractivity contribution in [2.24, 2.45) is 5.73 Å². The summed E-state index contributed by atoms with van der Waals surface area (Å²) in [5, 5.41) is 4.63. The molecule has 0 saturated heterocycles. The molecule has 0 amide bonds. The van der Waals surface area contributed by atoms with Gasteiger partial charge in [-0.25, -0.2) is 0 Å². The second-order valence-electron chi connectivity index (χ2n) is 4.17. The third-order valence-corrected chi connectivity index (χ3v) is 3.05. The van der Waals surface area contributed by atoms with Crippen LogP contribution in [0.1, 0.15) is 5.69 Å². The van der Waals surface area contributed by atoms with E-state index in [0.717, 1.165) is 16.8 Å². The molecule has 0 aliphatic rings. The van der Waals surface area contributed by atoms with Gasteiger partial charge in [-0.15, -0.1) is 0 Å². The normalized spacial score (nSPS) is 10.7. The fourth-order valence-electron chi connectivity index (χ4n) is 1.78. The molecular formula is C14H11ClN4O. The van der Waals surface area contributed by atoms with Crippen LogP contribution in [0.3, 0.4) is 0 Å². The van der Waals surface area contributed by atoms with Gasteiger partial charge in [0.25, 0.3) is 5.89 Å². The van der Waals surface area contributed by atoms with E-state index in [2.05, 4.69) is 15.1 Å². The first-order valence-corrected chi connectivity index (χ1v) is 6.39. The highest BCUT2D eigenvalue weighted by atomic mass is 35.5. The van der Waals surface area contributed by atoms with Crippen LogP contribution in [0.5, 0.6) is 0 Å². The van der Waals surface area contributed by atoms with Gasteiger partial charge in [-0.1, -0.05) is 16.8 Å². The van der Waals surface area contributed by atoms with Gasteiger partial charge < -0.3 is 10.3 Å². The van der Waals surface area contributed by atoms with E-state index in [1.165, 1.54) is 0 Å². The molecule has 0 saturated carbocycles. The number of benzene rings is 1. The summed E-state index contributed by atoms with van der Waals surface area (Å²) in [7, 11) is 0. The predicted molar refractivity (Wildman–Crippen MR) is 75.9 cm³/mol. The minimum Gasteiger partial charge on any atom is -0.334 e. The molecule has 5 nitrogen and oxygen atoms in total. The molecule has 1 aromatic carbocycles. The first-order chi connectivity index (χ1) is 9.76. The van der Waals surface area contributed by atoms with Crippen molar-refractivity contribution in [3.8, 4) is 22.8 Å². The van der Waals surface area contributed by atoms with Crippen LogP contribution in [0, 0.1) is 0 Å². The highest BCUT2D eigenvalue weighted by Gasteiger charge is 2.11. The first-order valence-electron chi connectivity index (χ1n) is 6.01. The number of hydrogen-bond donors (Lipinski definition) is 1. The molecule has 20 heavy (non-hydrogen) atoms. The number of halogens is 1. The Morgan fingerprint density at radius 1 is 1.10 bits per heavy atom. The van der Waals surface area contributed by atoms with E-state index in [4.69, 9.17) is 21.9 Å². The van der Waals surface area contributed by atoms with Crippen LogP contribution in [0.2, 0.25) is 5.02 Å². The Bertz CT molecular complexity index is 724. The monoisotopic (exact) mass is 286 g/mol. The highest BCUT2D eigenvalue weighted by Crippen LogP contribution is 2.23. The van der Waals surface area contributed by atoms with Crippen LogP contribution in [0.25, 0.3) is 22.8 Å². The largest absolute Gasteiger partial charge is 0.334 e. The van der Waals surface area contributed by atoms with E-state index in [0.29, 0.717) is 23.3 Å². The van der Waals surface area contributed by atoms with Gasteiger partial charge in [0.1, 0.15) is 0 Å². The summed E-state index contributed by atoms with van der Waals surface area (Å²) in [4.78, 5) is 8.49. The molecule has 3 rings (SSSR count). The maximum absolute atomic E-state index is 5.85. The number of hydrogen-bond acceptors (Lipinski definition) is 5. The average Bonchev–Trinajstić information content (AvgIpc) is 2.98. The van der Waals surface area contributed by atoms with Crippen molar-refractivity contribution in [1.29, 1.82) is 0 Å². The molecule has 0 spiro atoms. The van der Waals surface area contributed by atoms with Crippen LogP contribution < -0.4 is 5.73 Å². The lowest BCUT2D eigenvalue weighted by molar-refractivity contribution is 0.432. The zero-order valence-electron chi connectivity index (χ0n) is 10.5. The maximum atomic E-state index is 5.85. The van der Waals surface area contributed by atoms with Crippen LogP contribution >= 0.6 is 11.6 Å². The Balaban J connectivity index is 1.95. The fourth-order valence-corrected chi connectivity index (χ4v) is 1.91. The lowest BCUT2D eigenvalue weighted by Gasteiger charge is -1.97. The zero-order valence-corrected chi connectivity index (χ0v) is 11.2. The lowest BCUT2D eigenvalue weighted by atomic mass is 10.2.